The molecule has 3 nitrogen and oxygen atoms in total. The minimum absolute atomic E-state index is 0.557. The molecule has 236 valence electrons. The first-order chi connectivity index (χ1) is 22.9. The molecule has 0 aromatic heterocycles. The summed E-state index contributed by atoms with van der Waals surface area (Å²) in [6.07, 6.45) is 13.7. The smallest absolute Gasteiger partial charge is 0.161 e. The van der Waals surface area contributed by atoms with Gasteiger partial charge in [-0.05, 0) is 110 Å². The van der Waals surface area contributed by atoms with E-state index in [1.165, 1.54) is 50.1 Å². The highest BCUT2D eigenvalue weighted by Crippen LogP contribution is 2.37. The molecule has 0 amide bonds. The number of amidine groups is 2. The second-order valence-electron chi connectivity index (χ2n) is 12.1. The number of benzene rings is 4. The van der Waals surface area contributed by atoms with Gasteiger partial charge in [-0.2, -0.15) is 0 Å². The number of hydrogen-bond acceptors (Lipinski definition) is 1. The third kappa shape index (κ3) is 7.99. The van der Waals surface area contributed by atoms with E-state index in [-0.39, 0.29) is 0 Å². The lowest BCUT2D eigenvalue weighted by Crippen LogP contribution is -2.07. The van der Waals surface area contributed by atoms with Crippen molar-refractivity contribution in [2.75, 3.05) is 6.54 Å². The Morgan fingerprint density at radius 2 is 1.60 bits per heavy atom. The van der Waals surface area contributed by atoms with Crippen LogP contribution < -0.4 is 0 Å². The zero-order valence-corrected chi connectivity index (χ0v) is 28.4. The van der Waals surface area contributed by atoms with E-state index >= 15 is 0 Å². The molecule has 4 aromatic carbocycles. The monoisotopic (exact) mass is 615 g/mol. The lowest BCUT2D eigenvalue weighted by Gasteiger charge is -2.19. The Labute approximate surface area is 281 Å². The average molecular weight is 616 g/mol. The van der Waals surface area contributed by atoms with Crippen molar-refractivity contribution in [2.24, 2.45) is 15.0 Å². The first-order valence-corrected chi connectivity index (χ1v) is 16.6. The van der Waals surface area contributed by atoms with Crippen molar-refractivity contribution in [2.45, 2.75) is 53.9 Å². The molecule has 47 heavy (non-hydrogen) atoms. The van der Waals surface area contributed by atoms with Crippen LogP contribution in [0.3, 0.4) is 0 Å². The number of aliphatic imine (C=N–C) groups is 3. The van der Waals surface area contributed by atoms with Gasteiger partial charge in [-0.1, -0.05) is 128 Å². The summed E-state index contributed by atoms with van der Waals surface area (Å²) in [5, 5.41) is 0. The maximum Gasteiger partial charge on any atom is 0.161 e. The predicted octanol–water partition coefficient (Wildman–Crippen LogP) is 11.1. The van der Waals surface area contributed by atoms with Crippen molar-refractivity contribution >= 4 is 30.0 Å². The third-order valence-corrected chi connectivity index (χ3v) is 8.55. The first kappa shape index (κ1) is 33.2. The van der Waals surface area contributed by atoms with Crippen molar-refractivity contribution in [1.82, 2.24) is 0 Å². The van der Waals surface area contributed by atoms with Crippen LogP contribution in [0.15, 0.2) is 141 Å². The fourth-order valence-electron chi connectivity index (χ4n) is 6.39. The van der Waals surface area contributed by atoms with Gasteiger partial charge in [0.05, 0.1) is 0 Å². The van der Waals surface area contributed by atoms with E-state index in [9.17, 15) is 0 Å². The van der Waals surface area contributed by atoms with Crippen molar-refractivity contribution in [3.63, 3.8) is 0 Å². The normalized spacial score (nSPS) is 13.3. The van der Waals surface area contributed by atoms with Gasteiger partial charge in [0, 0.05) is 17.7 Å². The van der Waals surface area contributed by atoms with Crippen LogP contribution in [0.2, 0.25) is 0 Å². The van der Waals surface area contributed by atoms with E-state index in [0.717, 1.165) is 36.0 Å². The van der Waals surface area contributed by atoms with Gasteiger partial charge in [-0.3, -0.25) is 4.99 Å². The summed E-state index contributed by atoms with van der Waals surface area (Å²) in [4.78, 5) is 14.5. The maximum absolute atomic E-state index is 5.15. The number of rotatable bonds is 9. The van der Waals surface area contributed by atoms with Crippen LogP contribution in [0.4, 0.5) is 0 Å². The summed E-state index contributed by atoms with van der Waals surface area (Å²) >= 11 is 0. The van der Waals surface area contributed by atoms with E-state index in [1.54, 1.807) is 0 Å². The lowest BCUT2D eigenvalue weighted by molar-refractivity contribution is 0.946. The van der Waals surface area contributed by atoms with Gasteiger partial charge >= 0.3 is 0 Å². The molecule has 1 aliphatic carbocycles. The molecule has 0 spiro atoms. The third-order valence-electron chi connectivity index (χ3n) is 8.55. The Morgan fingerprint density at radius 3 is 2.36 bits per heavy atom. The summed E-state index contributed by atoms with van der Waals surface area (Å²) in [6.45, 7) is 15.5. The van der Waals surface area contributed by atoms with Gasteiger partial charge in [0.2, 0.25) is 0 Å². The molecule has 0 saturated carbocycles. The second-order valence-corrected chi connectivity index (χ2v) is 12.1. The Balaban J connectivity index is 1.60. The van der Waals surface area contributed by atoms with Crippen LogP contribution in [0.5, 0.6) is 0 Å². The van der Waals surface area contributed by atoms with Gasteiger partial charge in [0.1, 0.15) is 0 Å². The van der Waals surface area contributed by atoms with E-state index < -0.39 is 0 Å². The van der Waals surface area contributed by atoms with Crippen molar-refractivity contribution in [3.8, 4) is 11.1 Å². The Bertz CT molecular complexity index is 1930. The Morgan fingerprint density at radius 1 is 0.830 bits per heavy atom. The standard InChI is InChI=1S/C44H45N3/c1-7-17-32(4)41(31(2)3)42-33(5)18-14-27-40(42)37-24-16-25-38(30-37)44(47-43(45-6)36-20-11-8-12-21-36)46-29-28-35-23-15-22-34-19-10-9-13-26-39(34)35/h8-25,27,30H,6-7,26,28-29H2,1-5H3/b32-17-,46-44?,47-43?. The molecule has 0 heterocycles. The molecule has 0 bridgehead atoms. The molecule has 0 unspecified atom stereocenters. The fourth-order valence-corrected chi connectivity index (χ4v) is 6.39. The van der Waals surface area contributed by atoms with Crippen molar-refractivity contribution < 1.29 is 0 Å². The van der Waals surface area contributed by atoms with E-state index in [1.807, 2.05) is 30.3 Å². The summed E-state index contributed by atoms with van der Waals surface area (Å²) in [6, 6.07) is 31.8. The zero-order valence-electron chi connectivity index (χ0n) is 28.4. The second kappa shape index (κ2) is 15.9. The SMILES string of the molecule is C=NC(=NC(=NCCc1cccc2c1CC=CC=C2)c1cccc(-c2cccc(C)c2C(=C(C)C)/C(C)=C\CC)c1)c1ccccc1. The highest BCUT2D eigenvalue weighted by Gasteiger charge is 2.17. The van der Waals surface area contributed by atoms with Gasteiger partial charge in [-0.15, -0.1) is 0 Å². The first-order valence-electron chi connectivity index (χ1n) is 16.6. The Hall–Kier alpha value is -5.15. The number of hydrogen-bond donors (Lipinski definition) is 0. The van der Waals surface area contributed by atoms with Crippen LogP contribution in [-0.4, -0.2) is 24.9 Å². The number of allylic oxidation sites excluding steroid dienone is 7. The van der Waals surface area contributed by atoms with Crippen LogP contribution in [-0.2, 0) is 12.8 Å². The Kier molecular flexibility index (Phi) is 11.2. The quantitative estimate of drug-likeness (QED) is 0.102. The maximum atomic E-state index is 5.15. The summed E-state index contributed by atoms with van der Waals surface area (Å²) in [7, 11) is 0. The van der Waals surface area contributed by atoms with Gasteiger partial charge < -0.3 is 0 Å². The molecule has 1 aliphatic rings. The molecular formula is C44H45N3. The molecule has 0 radical (unpaired) electrons. The highest BCUT2D eigenvalue weighted by molar-refractivity contribution is 6.13. The molecule has 4 aromatic rings. The topological polar surface area (TPSA) is 37.1 Å². The molecule has 5 rings (SSSR count). The minimum atomic E-state index is 0.557. The molecule has 0 saturated heterocycles. The number of fused-ring (bicyclic) bond motifs is 1. The largest absolute Gasteiger partial charge is 0.266 e. The summed E-state index contributed by atoms with van der Waals surface area (Å²) in [5.74, 6) is 1.21. The van der Waals surface area contributed by atoms with E-state index in [2.05, 4.69) is 137 Å². The summed E-state index contributed by atoms with van der Waals surface area (Å²) in [5.41, 5.74) is 14.6. The molecule has 0 N–H and O–H groups in total. The van der Waals surface area contributed by atoms with E-state index in [4.69, 9.17) is 9.98 Å². The minimum Gasteiger partial charge on any atom is -0.266 e. The molecular weight excluding hydrogens is 571 g/mol. The lowest BCUT2D eigenvalue weighted by atomic mass is 9.85. The van der Waals surface area contributed by atoms with Gasteiger partial charge in [-0.25, -0.2) is 9.98 Å². The average Bonchev–Trinajstić information content (AvgIpc) is 3.34. The molecule has 3 heteroatoms. The van der Waals surface area contributed by atoms with Crippen LogP contribution in [0.25, 0.3) is 22.8 Å². The van der Waals surface area contributed by atoms with Gasteiger partial charge in [0.15, 0.2) is 11.7 Å². The fraction of sp³-hybridized carbons (Fsp3) is 0.205. The van der Waals surface area contributed by atoms with Crippen LogP contribution in [0.1, 0.15) is 73.1 Å². The van der Waals surface area contributed by atoms with Gasteiger partial charge in [0.25, 0.3) is 0 Å². The van der Waals surface area contributed by atoms with Crippen LogP contribution >= 0.6 is 0 Å². The van der Waals surface area contributed by atoms with Crippen LogP contribution in [0, 0.1) is 6.92 Å². The summed E-state index contributed by atoms with van der Waals surface area (Å²) < 4.78 is 0. The predicted molar refractivity (Wildman–Crippen MR) is 205 cm³/mol. The highest BCUT2D eigenvalue weighted by atomic mass is 15.0. The molecule has 0 atom stereocenters. The van der Waals surface area contributed by atoms with Crippen molar-refractivity contribution in [1.29, 1.82) is 0 Å². The van der Waals surface area contributed by atoms with Crippen molar-refractivity contribution in [3.05, 3.63) is 165 Å². The molecule has 0 fully saturated rings. The number of nitrogens with zero attached hydrogens (tertiary/aromatic N) is 3. The van der Waals surface area contributed by atoms with E-state index in [0.29, 0.717) is 18.2 Å². The number of aryl methyl sites for hydroxylation is 1. The zero-order chi connectivity index (χ0) is 33.2. The molecule has 0 aliphatic heterocycles.